The van der Waals surface area contributed by atoms with E-state index < -0.39 is 0 Å². The fraction of sp³-hybridized carbons (Fsp3) is 0.154. The van der Waals surface area contributed by atoms with Crippen LogP contribution in [-0.2, 0) is 13.0 Å². The average molecular weight is 423 g/mol. The van der Waals surface area contributed by atoms with Crippen molar-refractivity contribution < 1.29 is 4.39 Å². The van der Waals surface area contributed by atoms with Crippen LogP contribution < -0.4 is 0 Å². The number of aromatic amines is 2. The standard InChI is InChI=1S/C26H22FN5/c27-20-10-8-17(9-11-20)16-32-13-12-22-21-6-1-2-7-23(21)29-25(22)26(32)19-5-3-4-18(14-19)24-15-28-31-30-24/h1-11,14-15,26,29H,12-13,16H2,(H,28,30,31). The summed E-state index contributed by atoms with van der Waals surface area (Å²) in [6.45, 7) is 1.67. The molecule has 32 heavy (non-hydrogen) atoms. The fourth-order valence-corrected chi connectivity index (χ4v) is 4.87. The number of fused-ring (bicyclic) bond motifs is 3. The Hall–Kier alpha value is -3.77. The van der Waals surface area contributed by atoms with Crippen LogP contribution in [0.4, 0.5) is 4.39 Å². The zero-order valence-corrected chi connectivity index (χ0v) is 17.4. The van der Waals surface area contributed by atoms with E-state index in [1.165, 1.54) is 39.9 Å². The highest BCUT2D eigenvalue weighted by Crippen LogP contribution is 2.39. The summed E-state index contributed by atoms with van der Waals surface area (Å²) in [6, 6.07) is 23.9. The average Bonchev–Trinajstić information content (AvgIpc) is 3.49. The van der Waals surface area contributed by atoms with Gasteiger partial charge in [0.25, 0.3) is 0 Å². The van der Waals surface area contributed by atoms with Gasteiger partial charge in [-0.05, 0) is 47.4 Å². The molecular formula is C26H22FN5. The Balaban J connectivity index is 1.47. The number of nitrogens with zero attached hydrogens (tertiary/aromatic N) is 3. The van der Waals surface area contributed by atoms with Gasteiger partial charge in [-0.2, -0.15) is 15.4 Å². The van der Waals surface area contributed by atoms with E-state index in [0.29, 0.717) is 0 Å². The van der Waals surface area contributed by atoms with E-state index in [2.05, 4.69) is 73.8 Å². The van der Waals surface area contributed by atoms with Crippen LogP contribution in [-0.4, -0.2) is 31.8 Å². The minimum absolute atomic E-state index is 0.0584. The SMILES string of the molecule is Fc1ccc(CN2CCc3c([nH]c4ccccc34)C2c2cccc(-c3cn[nH]n3)c2)cc1. The van der Waals surface area contributed by atoms with Crippen molar-refractivity contribution in [3.05, 3.63) is 107 Å². The van der Waals surface area contributed by atoms with Crippen LogP contribution in [0.1, 0.15) is 28.4 Å². The van der Waals surface area contributed by atoms with Crippen molar-refractivity contribution in [2.75, 3.05) is 6.54 Å². The van der Waals surface area contributed by atoms with Gasteiger partial charge >= 0.3 is 0 Å². The number of H-pyrrole nitrogens is 2. The van der Waals surface area contributed by atoms with Crippen LogP contribution >= 0.6 is 0 Å². The summed E-state index contributed by atoms with van der Waals surface area (Å²) in [7, 11) is 0. The van der Waals surface area contributed by atoms with E-state index in [0.717, 1.165) is 36.3 Å². The van der Waals surface area contributed by atoms with Crippen LogP contribution in [0.25, 0.3) is 22.2 Å². The van der Waals surface area contributed by atoms with Gasteiger partial charge in [-0.3, -0.25) is 4.90 Å². The molecule has 2 N–H and O–H groups in total. The first-order chi connectivity index (χ1) is 15.8. The largest absolute Gasteiger partial charge is 0.357 e. The number of halogens is 1. The molecule has 0 saturated carbocycles. The van der Waals surface area contributed by atoms with Crippen molar-refractivity contribution in [3.63, 3.8) is 0 Å². The van der Waals surface area contributed by atoms with E-state index in [4.69, 9.17) is 0 Å². The number of para-hydroxylation sites is 1. The molecular weight excluding hydrogens is 401 g/mol. The summed E-state index contributed by atoms with van der Waals surface area (Å²) in [4.78, 5) is 6.17. The van der Waals surface area contributed by atoms with E-state index in [9.17, 15) is 4.39 Å². The molecule has 1 aliphatic heterocycles. The molecule has 6 rings (SSSR count). The Morgan fingerprint density at radius 3 is 2.72 bits per heavy atom. The predicted octanol–water partition coefficient (Wildman–Crippen LogP) is 5.24. The summed E-state index contributed by atoms with van der Waals surface area (Å²) >= 11 is 0. The second-order valence-corrected chi connectivity index (χ2v) is 8.29. The number of hydrogen-bond acceptors (Lipinski definition) is 3. The molecule has 0 aliphatic carbocycles. The zero-order chi connectivity index (χ0) is 21.5. The maximum absolute atomic E-state index is 13.5. The van der Waals surface area contributed by atoms with Gasteiger partial charge in [0.05, 0.1) is 12.2 Å². The molecule has 1 atom stereocenters. The summed E-state index contributed by atoms with van der Waals surface area (Å²) < 4.78 is 13.5. The zero-order valence-electron chi connectivity index (χ0n) is 17.4. The first-order valence-electron chi connectivity index (χ1n) is 10.8. The van der Waals surface area contributed by atoms with Gasteiger partial charge in [-0.1, -0.05) is 48.5 Å². The topological polar surface area (TPSA) is 60.6 Å². The van der Waals surface area contributed by atoms with Gasteiger partial charge in [0, 0.05) is 35.2 Å². The maximum Gasteiger partial charge on any atom is 0.123 e. The second-order valence-electron chi connectivity index (χ2n) is 8.29. The van der Waals surface area contributed by atoms with Crippen LogP contribution in [0.2, 0.25) is 0 Å². The Morgan fingerprint density at radius 1 is 1.00 bits per heavy atom. The lowest BCUT2D eigenvalue weighted by Crippen LogP contribution is -2.35. The minimum atomic E-state index is -0.206. The third kappa shape index (κ3) is 3.29. The van der Waals surface area contributed by atoms with E-state index in [1.54, 1.807) is 6.20 Å². The summed E-state index contributed by atoms with van der Waals surface area (Å²) in [5.41, 5.74) is 7.93. The first kappa shape index (κ1) is 19.0. The first-order valence-corrected chi connectivity index (χ1v) is 10.8. The molecule has 5 nitrogen and oxygen atoms in total. The van der Waals surface area contributed by atoms with Crippen molar-refractivity contribution in [1.29, 1.82) is 0 Å². The van der Waals surface area contributed by atoms with E-state index >= 15 is 0 Å². The molecule has 0 saturated heterocycles. The predicted molar refractivity (Wildman–Crippen MR) is 122 cm³/mol. The van der Waals surface area contributed by atoms with Crippen molar-refractivity contribution in [2.45, 2.75) is 19.0 Å². The molecule has 6 heteroatoms. The highest BCUT2D eigenvalue weighted by Gasteiger charge is 2.31. The molecule has 0 radical (unpaired) electrons. The summed E-state index contributed by atoms with van der Waals surface area (Å²) in [5, 5.41) is 12.2. The van der Waals surface area contributed by atoms with Crippen LogP contribution in [0, 0.1) is 5.82 Å². The lowest BCUT2D eigenvalue weighted by molar-refractivity contribution is 0.202. The molecule has 5 aromatic rings. The normalized spacial score (nSPS) is 16.3. The Morgan fingerprint density at radius 2 is 1.88 bits per heavy atom. The van der Waals surface area contributed by atoms with Gasteiger partial charge in [0.15, 0.2) is 0 Å². The molecule has 0 spiro atoms. The summed E-state index contributed by atoms with van der Waals surface area (Å²) in [5.74, 6) is -0.206. The lowest BCUT2D eigenvalue weighted by Gasteiger charge is -2.36. The monoisotopic (exact) mass is 423 g/mol. The van der Waals surface area contributed by atoms with E-state index in [1.807, 2.05) is 12.1 Å². The highest BCUT2D eigenvalue weighted by molar-refractivity contribution is 5.85. The van der Waals surface area contributed by atoms with E-state index in [-0.39, 0.29) is 11.9 Å². The quantitative estimate of drug-likeness (QED) is 0.416. The van der Waals surface area contributed by atoms with Gasteiger partial charge in [-0.25, -0.2) is 4.39 Å². The molecule has 3 aromatic carbocycles. The van der Waals surface area contributed by atoms with Crippen molar-refractivity contribution >= 4 is 10.9 Å². The molecule has 0 fully saturated rings. The van der Waals surface area contributed by atoms with Crippen LogP contribution in [0.15, 0.2) is 79.0 Å². The second kappa shape index (κ2) is 7.73. The maximum atomic E-state index is 13.5. The van der Waals surface area contributed by atoms with Crippen molar-refractivity contribution in [2.24, 2.45) is 0 Å². The molecule has 1 aliphatic rings. The summed E-state index contributed by atoms with van der Waals surface area (Å²) in [6.07, 6.45) is 2.71. The lowest BCUT2D eigenvalue weighted by atomic mass is 9.91. The number of rotatable bonds is 4. The number of nitrogens with one attached hydrogen (secondary N) is 2. The van der Waals surface area contributed by atoms with Gasteiger partial charge in [0.1, 0.15) is 11.5 Å². The molecule has 0 bridgehead atoms. The molecule has 0 amide bonds. The Bertz CT molecular complexity index is 1370. The minimum Gasteiger partial charge on any atom is -0.357 e. The van der Waals surface area contributed by atoms with Gasteiger partial charge < -0.3 is 4.98 Å². The molecule has 2 aromatic heterocycles. The number of aromatic nitrogens is 4. The van der Waals surface area contributed by atoms with Crippen molar-refractivity contribution in [3.8, 4) is 11.3 Å². The van der Waals surface area contributed by atoms with Crippen molar-refractivity contribution in [1.82, 2.24) is 25.3 Å². The van der Waals surface area contributed by atoms with Gasteiger partial charge in [-0.15, -0.1) is 0 Å². The van der Waals surface area contributed by atoms with Gasteiger partial charge in [0.2, 0.25) is 0 Å². The fourth-order valence-electron chi connectivity index (χ4n) is 4.87. The number of hydrogen-bond donors (Lipinski definition) is 2. The molecule has 3 heterocycles. The third-order valence-corrected chi connectivity index (χ3v) is 6.35. The Labute approximate surface area is 184 Å². The molecule has 1 unspecified atom stereocenters. The number of benzene rings is 3. The smallest absolute Gasteiger partial charge is 0.123 e. The van der Waals surface area contributed by atoms with Crippen LogP contribution in [0.3, 0.4) is 0 Å². The third-order valence-electron chi connectivity index (χ3n) is 6.35. The Kier molecular flexibility index (Phi) is 4.58. The van der Waals surface area contributed by atoms with Crippen LogP contribution in [0.5, 0.6) is 0 Å². The molecule has 158 valence electrons. The highest BCUT2D eigenvalue weighted by atomic mass is 19.1.